The third-order valence-corrected chi connectivity index (χ3v) is 1.23. The van der Waals surface area contributed by atoms with Crippen LogP contribution < -0.4 is 5.32 Å². The monoisotopic (exact) mass is 145 g/mol. The van der Waals surface area contributed by atoms with E-state index in [-0.39, 0.29) is 12.5 Å². The van der Waals surface area contributed by atoms with Gasteiger partial charge in [-0.3, -0.25) is 0 Å². The molecular formula is C6H11NO3. The summed E-state index contributed by atoms with van der Waals surface area (Å²) in [5.74, 6) is -0.184. The standard InChI is InChI=1S/C6H11NO3/c1-2-5(4-8)3-7-6(9)10/h4-5,7H,2-3H2,1H3,(H,9,10). The Kier molecular flexibility index (Phi) is 4.28. The average Bonchev–Trinajstić information content (AvgIpc) is 1.90. The molecule has 0 aromatic carbocycles. The van der Waals surface area contributed by atoms with E-state index in [2.05, 4.69) is 5.32 Å². The Bertz CT molecular complexity index is 124. The predicted molar refractivity (Wildman–Crippen MR) is 35.9 cm³/mol. The van der Waals surface area contributed by atoms with Gasteiger partial charge in [-0.1, -0.05) is 6.92 Å². The minimum absolute atomic E-state index is 0.184. The van der Waals surface area contributed by atoms with E-state index in [9.17, 15) is 9.59 Å². The first kappa shape index (κ1) is 8.94. The molecule has 0 aliphatic heterocycles. The van der Waals surface area contributed by atoms with Gasteiger partial charge in [-0.2, -0.15) is 0 Å². The Morgan fingerprint density at radius 2 is 2.40 bits per heavy atom. The summed E-state index contributed by atoms with van der Waals surface area (Å²) in [6.07, 6.45) is 0.347. The van der Waals surface area contributed by atoms with E-state index in [1.807, 2.05) is 6.92 Å². The Morgan fingerprint density at radius 3 is 2.70 bits per heavy atom. The zero-order valence-electron chi connectivity index (χ0n) is 5.83. The highest BCUT2D eigenvalue weighted by Gasteiger charge is 2.04. The number of carbonyl (C=O) groups is 2. The molecule has 0 aromatic rings. The minimum Gasteiger partial charge on any atom is -0.465 e. The SMILES string of the molecule is CCC(C=O)CNC(=O)O. The van der Waals surface area contributed by atoms with Crippen molar-refractivity contribution in [2.45, 2.75) is 13.3 Å². The lowest BCUT2D eigenvalue weighted by Gasteiger charge is -2.04. The second kappa shape index (κ2) is 4.78. The normalized spacial score (nSPS) is 12.1. The van der Waals surface area contributed by atoms with Crippen LogP contribution >= 0.6 is 0 Å². The Morgan fingerprint density at radius 1 is 1.80 bits per heavy atom. The summed E-state index contributed by atoms with van der Waals surface area (Å²) >= 11 is 0. The fourth-order valence-electron chi connectivity index (χ4n) is 0.507. The summed E-state index contributed by atoms with van der Waals surface area (Å²) < 4.78 is 0. The van der Waals surface area contributed by atoms with Crippen LogP contribution in [0.3, 0.4) is 0 Å². The van der Waals surface area contributed by atoms with Crippen LogP contribution in [0.1, 0.15) is 13.3 Å². The van der Waals surface area contributed by atoms with Gasteiger partial charge in [0.15, 0.2) is 0 Å². The van der Waals surface area contributed by atoms with Gasteiger partial charge < -0.3 is 15.2 Å². The number of carboxylic acid groups (broad SMARTS) is 1. The molecular weight excluding hydrogens is 134 g/mol. The van der Waals surface area contributed by atoms with E-state index in [1.54, 1.807) is 0 Å². The fourth-order valence-corrected chi connectivity index (χ4v) is 0.507. The molecule has 0 rings (SSSR count). The summed E-state index contributed by atoms with van der Waals surface area (Å²) in [6.45, 7) is 2.05. The number of hydrogen-bond acceptors (Lipinski definition) is 2. The Labute approximate surface area is 59.2 Å². The predicted octanol–water partition coefficient (Wildman–Crippen LogP) is 0.479. The van der Waals surface area contributed by atoms with E-state index in [4.69, 9.17) is 5.11 Å². The molecule has 2 N–H and O–H groups in total. The molecule has 0 saturated carbocycles. The molecule has 0 aliphatic carbocycles. The van der Waals surface area contributed by atoms with Crippen LogP contribution in [0.5, 0.6) is 0 Å². The average molecular weight is 145 g/mol. The Balaban J connectivity index is 3.44. The van der Waals surface area contributed by atoms with Crippen LogP contribution in [0, 0.1) is 5.92 Å². The molecule has 0 aliphatic rings. The summed E-state index contributed by atoms with van der Waals surface area (Å²) in [5.41, 5.74) is 0. The first-order valence-electron chi connectivity index (χ1n) is 3.12. The van der Waals surface area contributed by atoms with Gasteiger partial charge in [-0.25, -0.2) is 4.79 Å². The first-order chi connectivity index (χ1) is 4.70. The minimum atomic E-state index is -1.08. The van der Waals surface area contributed by atoms with Crippen molar-refractivity contribution < 1.29 is 14.7 Å². The first-order valence-corrected chi connectivity index (χ1v) is 3.12. The summed E-state index contributed by atoms with van der Waals surface area (Å²) in [6, 6.07) is 0. The highest BCUT2D eigenvalue weighted by molar-refractivity contribution is 5.65. The lowest BCUT2D eigenvalue weighted by Crippen LogP contribution is -2.27. The van der Waals surface area contributed by atoms with E-state index >= 15 is 0 Å². The molecule has 1 amide bonds. The second-order valence-electron chi connectivity index (χ2n) is 1.99. The molecule has 1 unspecified atom stereocenters. The van der Waals surface area contributed by atoms with E-state index in [1.165, 1.54) is 0 Å². The maximum Gasteiger partial charge on any atom is 0.404 e. The van der Waals surface area contributed by atoms with E-state index in [0.717, 1.165) is 6.29 Å². The van der Waals surface area contributed by atoms with Gasteiger partial charge in [0.25, 0.3) is 0 Å². The van der Waals surface area contributed by atoms with Crippen molar-refractivity contribution in [1.29, 1.82) is 0 Å². The molecule has 58 valence electrons. The summed E-state index contributed by atoms with van der Waals surface area (Å²) in [4.78, 5) is 20.0. The second-order valence-corrected chi connectivity index (χ2v) is 1.99. The third kappa shape index (κ3) is 3.88. The van der Waals surface area contributed by atoms with E-state index < -0.39 is 6.09 Å². The number of carbonyl (C=O) groups excluding carboxylic acids is 1. The number of amides is 1. The lowest BCUT2D eigenvalue weighted by atomic mass is 10.1. The van der Waals surface area contributed by atoms with Crippen LogP contribution in [-0.4, -0.2) is 24.0 Å². The maximum atomic E-state index is 10.1. The Hall–Kier alpha value is -1.06. The molecule has 0 radical (unpaired) electrons. The zero-order valence-corrected chi connectivity index (χ0v) is 5.83. The van der Waals surface area contributed by atoms with Gasteiger partial charge in [-0.15, -0.1) is 0 Å². The van der Waals surface area contributed by atoms with Crippen molar-refractivity contribution in [3.05, 3.63) is 0 Å². The number of aldehydes is 1. The highest BCUT2D eigenvalue weighted by atomic mass is 16.4. The largest absolute Gasteiger partial charge is 0.465 e. The van der Waals surface area contributed by atoms with Crippen LogP contribution in [0.25, 0.3) is 0 Å². The van der Waals surface area contributed by atoms with Crippen LogP contribution in [0.15, 0.2) is 0 Å². The van der Waals surface area contributed by atoms with Crippen LogP contribution in [0.2, 0.25) is 0 Å². The van der Waals surface area contributed by atoms with Crippen molar-refractivity contribution in [1.82, 2.24) is 5.32 Å². The molecule has 4 heteroatoms. The number of hydrogen-bond donors (Lipinski definition) is 2. The molecule has 0 aromatic heterocycles. The van der Waals surface area contributed by atoms with Crippen LogP contribution in [0.4, 0.5) is 4.79 Å². The zero-order chi connectivity index (χ0) is 7.98. The van der Waals surface area contributed by atoms with Crippen molar-refractivity contribution in [3.8, 4) is 0 Å². The topological polar surface area (TPSA) is 66.4 Å². The van der Waals surface area contributed by atoms with Crippen molar-refractivity contribution in [2.75, 3.05) is 6.54 Å². The molecule has 0 heterocycles. The smallest absolute Gasteiger partial charge is 0.404 e. The molecule has 0 spiro atoms. The molecule has 10 heavy (non-hydrogen) atoms. The maximum absolute atomic E-state index is 10.1. The van der Waals surface area contributed by atoms with Crippen molar-refractivity contribution in [2.24, 2.45) is 5.92 Å². The molecule has 0 fully saturated rings. The van der Waals surface area contributed by atoms with Gasteiger partial charge in [0, 0.05) is 12.5 Å². The van der Waals surface area contributed by atoms with Gasteiger partial charge in [0.1, 0.15) is 6.29 Å². The quantitative estimate of drug-likeness (QED) is 0.565. The molecule has 0 saturated heterocycles. The number of rotatable bonds is 4. The molecule has 0 bridgehead atoms. The summed E-state index contributed by atoms with van der Waals surface area (Å²) in [5, 5.41) is 10.3. The van der Waals surface area contributed by atoms with Crippen molar-refractivity contribution >= 4 is 12.4 Å². The van der Waals surface area contributed by atoms with Crippen molar-refractivity contribution in [3.63, 3.8) is 0 Å². The lowest BCUT2D eigenvalue weighted by molar-refractivity contribution is -0.111. The van der Waals surface area contributed by atoms with Gasteiger partial charge in [0.2, 0.25) is 0 Å². The highest BCUT2D eigenvalue weighted by Crippen LogP contribution is 1.94. The molecule has 1 atom stereocenters. The summed E-state index contributed by atoms with van der Waals surface area (Å²) in [7, 11) is 0. The van der Waals surface area contributed by atoms with E-state index in [0.29, 0.717) is 6.42 Å². The third-order valence-electron chi connectivity index (χ3n) is 1.23. The van der Waals surface area contributed by atoms with Gasteiger partial charge in [0.05, 0.1) is 0 Å². The van der Waals surface area contributed by atoms with Gasteiger partial charge >= 0.3 is 6.09 Å². The molecule has 4 nitrogen and oxygen atoms in total. The van der Waals surface area contributed by atoms with Crippen LogP contribution in [-0.2, 0) is 4.79 Å². The number of nitrogens with one attached hydrogen (secondary N) is 1. The fraction of sp³-hybridized carbons (Fsp3) is 0.667. The van der Waals surface area contributed by atoms with Gasteiger partial charge in [-0.05, 0) is 6.42 Å².